The Morgan fingerprint density at radius 2 is 1.77 bits per heavy atom. The molecule has 0 saturated carbocycles. The molecule has 0 aliphatic rings. The largest absolute Gasteiger partial charge is 0.497 e. The van der Waals surface area contributed by atoms with E-state index in [1.807, 2.05) is 0 Å². The van der Waals surface area contributed by atoms with Crippen LogP contribution in [-0.4, -0.2) is 36.7 Å². The van der Waals surface area contributed by atoms with E-state index in [1.165, 1.54) is 7.11 Å². The number of aliphatic hydroxyl groups excluding tert-OH is 1. The van der Waals surface area contributed by atoms with Crippen molar-refractivity contribution in [2.45, 2.75) is 32.1 Å². The molecular formula is C22H22F4N2O6S. The average molecular weight is 518 g/mol. The van der Waals surface area contributed by atoms with Gasteiger partial charge in [-0.15, -0.1) is 0 Å². The summed E-state index contributed by atoms with van der Waals surface area (Å²) in [7, 11) is -2.72. The Labute approximate surface area is 198 Å². The zero-order chi connectivity index (χ0) is 26.0. The van der Waals surface area contributed by atoms with Crippen LogP contribution in [0.5, 0.6) is 5.75 Å². The number of alkyl halides is 3. The fourth-order valence-electron chi connectivity index (χ4n) is 3.19. The lowest BCUT2D eigenvalue weighted by Crippen LogP contribution is -2.16. The highest BCUT2D eigenvalue weighted by Crippen LogP contribution is 2.34. The summed E-state index contributed by atoms with van der Waals surface area (Å²) in [5.74, 6) is -0.0582. The van der Waals surface area contributed by atoms with Crippen molar-refractivity contribution < 1.29 is 44.7 Å². The molecule has 1 aromatic heterocycles. The van der Waals surface area contributed by atoms with Gasteiger partial charge in [-0.25, -0.2) is 13.3 Å². The second-order valence-electron chi connectivity index (χ2n) is 7.52. The Kier molecular flexibility index (Phi) is 7.84. The molecule has 0 bridgehead atoms. The Balaban J connectivity index is 2.00. The molecule has 2 aromatic carbocycles. The Hall–Kier alpha value is -3.00. The van der Waals surface area contributed by atoms with Crippen LogP contribution in [0.2, 0.25) is 0 Å². The first-order valence-electron chi connectivity index (χ1n) is 10.1. The van der Waals surface area contributed by atoms with E-state index in [0.29, 0.717) is 22.8 Å². The van der Waals surface area contributed by atoms with Gasteiger partial charge in [0, 0.05) is 5.56 Å². The summed E-state index contributed by atoms with van der Waals surface area (Å²) in [5, 5.41) is 13.7. The van der Waals surface area contributed by atoms with Crippen molar-refractivity contribution in [3.63, 3.8) is 0 Å². The van der Waals surface area contributed by atoms with E-state index < -0.39 is 45.9 Å². The minimum atomic E-state index is -4.92. The molecular weight excluding hydrogens is 496 g/mol. The molecule has 13 heteroatoms. The van der Waals surface area contributed by atoms with Crippen LogP contribution < -0.4 is 4.74 Å². The standard InChI is InChI=1S/C22H22F4N2O6S/c1-13(33-12-14-4-7-16(32-2)8-5-14)17-10-15(23)6-9-18(17)28-19(21(29)34-35(3,30)31)11-20(27-28)22(24,25)26/h4-11,13,21,29H,12H2,1-3H3/t13-,21?/m1/s1. The molecule has 2 atom stereocenters. The summed E-state index contributed by atoms with van der Waals surface area (Å²) >= 11 is 0. The molecule has 0 aliphatic carbocycles. The highest BCUT2D eigenvalue weighted by Gasteiger charge is 2.37. The normalized spacial score (nSPS) is 14.1. The number of aromatic nitrogens is 2. The van der Waals surface area contributed by atoms with Gasteiger partial charge in [-0.1, -0.05) is 12.1 Å². The van der Waals surface area contributed by atoms with E-state index in [9.17, 15) is 31.1 Å². The number of hydrogen-bond donors (Lipinski definition) is 1. The van der Waals surface area contributed by atoms with Gasteiger partial charge in [0.05, 0.1) is 31.8 Å². The second-order valence-corrected chi connectivity index (χ2v) is 9.12. The van der Waals surface area contributed by atoms with Crippen molar-refractivity contribution in [3.05, 3.63) is 76.9 Å². The van der Waals surface area contributed by atoms with Crippen molar-refractivity contribution >= 4 is 10.1 Å². The molecule has 8 nitrogen and oxygen atoms in total. The van der Waals surface area contributed by atoms with Gasteiger partial charge in [-0.05, 0) is 48.9 Å². The fraction of sp³-hybridized carbons (Fsp3) is 0.318. The maximum Gasteiger partial charge on any atom is 0.435 e. The fourth-order valence-corrected chi connectivity index (χ4v) is 3.62. The minimum Gasteiger partial charge on any atom is -0.497 e. The number of methoxy groups -OCH3 is 1. The van der Waals surface area contributed by atoms with E-state index in [4.69, 9.17) is 9.47 Å². The van der Waals surface area contributed by atoms with Crippen LogP contribution in [0.3, 0.4) is 0 Å². The van der Waals surface area contributed by atoms with Gasteiger partial charge in [-0.2, -0.15) is 26.7 Å². The SMILES string of the molecule is COc1ccc(CO[C@H](C)c2cc(F)ccc2-n2nc(C(F)(F)F)cc2C(O)OS(C)(=O)=O)cc1. The Morgan fingerprint density at radius 3 is 2.34 bits per heavy atom. The first kappa shape index (κ1) is 26.6. The quantitative estimate of drug-likeness (QED) is 0.256. The van der Waals surface area contributed by atoms with Crippen LogP contribution in [0.1, 0.15) is 41.8 Å². The lowest BCUT2D eigenvalue weighted by atomic mass is 10.1. The molecule has 3 aromatic rings. The van der Waals surface area contributed by atoms with Crippen LogP contribution in [0.25, 0.3) is 5.69 Å². The van der Waals surface area contributed by atoms with Gasteiger partial charge < -0.3 is 14.6 Å². The van der Waals surface area contributed by atoms with Gasteiger partial charge >= 0.3 is 6.18 Å². The molecule has 0 amide bonds. The first-order chi connectivity index (χ1) is 16.3. The van der Waals surface area contributed by atoms with Crippen LogP contribution in [0.15, 0.2) is 48.5 Å². The van der Waals surface area contributed by atoms with Gasteiger partial charge in [-0.3, -0.25) is 0 Å². The molecule has 0 saturated heterocycles. The maximum atomic E-state index is 14.1. The molecule has 190 valence electrons. The predicted molar refractivity (Wildman–Crippen MR) is 116 cm³/mol. The summed E-state index contributed by atoms with van der Waals surface area (Å²) in [6.45, 7) is 1.64. The molecule has 35 heavy (non-hydrogen) atoms. The number of hydrogen-bond acceptors (Lipinski definition) is 7. The van der Waals surface area contributed by atoms with E-state index in [1.54, 1.807) is 31.2 Å². The van der Waals surface area contributed by atoms with Crippen molar-refractivity contribution in [1.29, 1.82) is 0 Å². The number of halogens is 4. The van der Waals surface area contributed by atoms with Crippen LogP contribution >= 0.6 is 0 Å². The van der Waals surface area contributed by atoms with Crippen molar-refractivity contribution in [2.24, 2.45) is 0 Å². The molecule has 1 N–H and O–H groups in total. The zero-order valence-electron chi connectivity index (χ0n) is 18.8. The van der Waals surface area contributed by atoms with E-state index in [2.05, 4.69) is 9.28 Å². The number of nitrogens with zero attached hydrogens (tertiary/aromatic N) is 2. The van der Waals surface area contributed by atoms with Gasteiger partial charge in [0.1, 0.15) is 17.3 Å². The molecule has 3 rings (SSSR count). The summed E-state index contributed by atoms with van der Waals surface area (Å²) in [6, 6.07) is 10.6. The Morgan fingerprint density at radius 1 is 1.11 bits per heavy atom. The number of aliphatic hydroxyl groups is 1. The highest BCUT2D eigenvalue weighted by molar-refractivity contribution is 7.85. The highest BCUT2D eigenvalue weighted by atomic mass is 32.2. The second kappa shape index (κ2) is 10.3. The van der Waals surface area contributed by atoms with Crippen molar-refractivity contribution in [2.75, 3.05) is 13.4 Å². The first-order valence-corrected chi connectivity index (χ1v) is 11.9. The molecule has 0 aliphatic heterocycles. The predicted octanol–water partition coefficient (Wildman–Crippen LogP) is 4.28. The monoisotopic (exact) mass is 518 g/mol. The summed E-state index contributed by atoms with van der Waals surface area (Å²) in [4.78, 5) is 0. The zero-order valence-corrected chi connectivity index (χ0v) is 19.6. The van der Waals surface area contributed by atoms with Crippen LogP contribution in [0, 0.1) is 5.82 Å². The molecule has 0 radical (unpaired) electrons. The van der Waals surface area contributed by atoms with Crippen molar-refractivity contribution in [3.8, 4) is 11.4 Å². The topological polar surface area (TPSA) is 99.9 Å². The number of benzene rings is 2. The number of ether oxygens (including phenoxy) is 2. The van der Waals surface area contributed by atoms with Crippen molar-refractivity contribution in [1.82, 2.24) is 9.78 Å². The lowest BCUT2D eigenvalue weighted by molar-refractivity contribution is -0.141. The minimum absolute atomic E-state index is 0.0738. The van der Waals surface area contributed by atoms with E-state index >= 15 is 0 Å². The van der Waals surface area contributed by atoms with E-state index in [0.717, 1.165) is 23.8 Å². The third kappa shape index (κ3) is 6.78. The smallest absolute Gasteiger partial charge is 0.435 e. The Bertz CT molecular complexity index is 1280. The molecule has 0 fully saturated rings. The van der Waals surface area contributed by atoms with Gasteiger partial charge in [0.15, 0.2) is 5.69 Å². The lowest BCUT2D eigenvalue weighted by Gasteiger charge is -2.20. The van der Waals surface area contributed by atoms with Gasteiger partial charge in [0.25, 0.3) is 10.1 Å². The van der Waals surface area contributed by atoms with Crippen LogP contribution in [-0.2, 0) is 31.8 Å². The molecule has 1 heterocycles. The molecule has 0 spiro atoms. The number of rotatable bonds is 9. The molecule has 1 unspecified atom stereocenters. The summed E-state index contributed by atoms with van der Waals surface area (Å²) in [5.41, 5.74) is -1.26. The summed E-state index contributed by atoms with van der Waals surface area (Å²) in [6.07, 6.45) is -7.44. The summed E-state index contributed by atoms with van der Waals surface area (Å²) < 4.78 is 93.1. The average Bonchev–Trinajstić information content (AvgIpc) is 3.23. The third-order valence-corrected chi connectivity index (χ3v) is 5.39. The van der Waals surface area contributed by atoms with Gasteiger partial charge in [0.2, 0.25) is 6.29 Å². The maximum absolute atomic E-state index is 14.1. The third-order valence-electron chi connectivity index (χ3n) is 4.86. The van der Waals surface area contributed by atoms with Crippen LogP contribution in [0.4, 0.5) is 17.6 Å². The van der Waals surface area contributed by atoms with E-state index in [-0.39, 0.29) is 17.9 Å².